The summed E-state index contributed by atoms with van der Waals surface area (Å²) in [5.41, 5.74) is 0. The van der Waals surface area contributed by atoms with Crippen molar-refractivity contribution < 1.29 is 64.6 Å². The van der Waals surface area contributed by atoms with Crippen molar-refractivity contribution in [2.24, 2.45) is 0 Å². The Balaban J connectivity index is 1.56. The van der Waals surface area contributed by atoms with Crippen LogP contribution in [0.2, 0.25) is 0 Å². The molecule has 0 aromatic rings. The number of carbonyl (C=O) groups excluding carboxylic acids is 1. The van der Waals surface area contributed by atoms with Crippen LogP contribution in [-0.2, 0) is 23.7 Å². The molecule has 9 N–H and O–H groups in total. The smallest absolute Gasteiger partial charge is 0.220 e. The lowest BCUT2D eigenvalue weighted by molar-refractivity contribution is -0.359. The van der Waals surface area contributed by atoms with Crippen LogP contribution in [0.15, 0.2) is 24.3 Å². The Labute approximate surface area is 583 Å². The van der Waals surface area contributed by atoms with Gasteiger partial charge in [-0.1, -0.05) is 366 Å². The van der Waals surface area contributed by atoms with E-state index in [0.29, 0.717) is 6.42 Å². The van der Waals surface area contributed by atoms with Crippen LogP contribution in [0.25, 0.3) is 0 Å². The van der Waals surface area contributed by atoms with Gasteiger partial charge in [-0.3, -0.25) is 4.79 Å². The van der Waals surface area contributed by atoms with Crippen LogP contribution in [0, 0.1) is 0 Å². The summed E-state index contributed by atoms with van der Waals surface area (Å²) in [6, 6.07) is -0.913. The van der Waals surface area contributed by atoms with Crippen molar-refractivity contribution in [1.29, 1.82) is 0 Å². The number of aliphatic hydroxyl groups is 8. The van der Waals surface area contributed by atoms with Crippen LogP contribution in [0.5, 0.6) is 0 Å². The van der Waals surface area contributed by atoms with Gasteiger partial charge in [0.05, 0.1) is 32.0 Å². The second-order valence-corrected chi connectivity index (χ2v) is 29.3. The van der Waals surface area contributed by atoms with Gasteiger partial charge in [0.2, 0.25) is 5.91 Å². The first-order valence-electron chi connectivity index (χ1n) is 41.1. The lowest BCUT2D eigenvalue weighted by Gasteiger charge is -2.46. The van der Waals surface area contributed by atoms with Gasteiger partial charge in [0.15, 0.2) is 12.6 Å². The molecule has 2 aliphatic rings. The molecule has 14 heteroatoms. The summed E-state index contributed by atoms with van der Waals surface area (Å²) in [6.45, 7) is 2.87. The molecule has 0 bridgehead atoms. The predicted molar refractivity (Wildman–Crippen MR) is 392 cm³/mol. The molecule has 12 atom stereocenters. The van der Waals surface area contributed by atoms with Gasteiger partial charge in [-0.25, -0.2) is 0 Å². The van der Waals surface area contributed by atoms with E-state index in [1.807, 2.05) is 6.08 Å². The van der Waals surface area contributed by atoms with Crippen molar-refractivity contribution in [2.45, 2.75) is 466 Å². The zero-order chi connectivity index (χ0) is 68.7. The highest BCUT2D eigenvalue weighted by Crippen LogP contribution is 2.30. The van der Waals surface area contributed by atoms with Gasteiger partial charge in [-0.15, -0.1) is 0 Å². The lowest BCUT2D eigenvalue weighted by atomic mass is 9.97. The highest BCUT2D eigenvalue weighted by Gasteiger charge is 2.51. The van der Waals surface area contributed by atoms with Gasteiger partial charge in [0.1, 0.15) is 48.8 Å². The van der Waals surface area contributed by atoms with E-state index in [1.54, 1.807) is 6.08 Å². The molecule has 1 amide bonds. The lowest BCUT2D eigenvalue weighted by Crippen LogP contribution is -2.65. The van der Waals surface area contributed by atoms with E-state index in [4.69, 9.17) is 18.9 Å². The first-order chi connectivity index (χ1) is 46.6. The number of nitrogens with one attached hydrogen (secondary N) is 1. The Hall–Kier alpha value is -1.53. The Morgan fingerprint density at radius 1 is 0.368 bits per heavy atom. The van der Waals surface area contributed by atoms with Crippen molar-refractivity contribution >= 4 is 5.91 Å². The Kier molecular flexibility index (Phi) is 62.0. The number of carbonyl (C=O) groups is 1. The van der Waals surface area contributed by atoms with E-state index >= 15 is 0 Å². The molecule has 14 nitrogen and oxygen atoms in total. The summed E-state index contributed by atoms with van der Waals surface area (Å²) in [6.07, 6.45) is 68.5. The Bertz CT molecular complexity index is 1690. The molecular formula is C81H155NO13. The van der Waals surface area contributed by atoms with Gasteiger partial charge in [0, 0.05) is 6.42 Å². The van der Waals surface area contributed by atoms with Crippen LogP contribution in [0.1, 0.15) is 393 Å². The zero-order valence-corrected chi connectivity index (χ0v) is 61.7. The van der Waals surface area contributed by atoms with Gasteiger partial charge >= 0.3 is 0 Å². The second kappa shape index (κ2) is 65.8. The summed E-state index contributed by atoms with van der Waals surface area (Å²) in [4.78, 5) is 13.4. The standard InChI is InChI=1S/C81H155NO13/c1-3-5-7-9-11-13-15-17-19-21-23-25-27-28-29-30-31-32-33-34-35-36-37-38-39-40-41-42-43-45-47-49-51-53-55-57-59-61-63-65-73(86)82-69(68-92-80-78(91)76(89)79(72(67-84)94-80)95-81-77(90)75(88)74(87)71(66-83)93-81)70(85)64-62-60-58-56-54-52-50-48-46-44-26-24-22-20-18-16-14-12-10-8-6-4-2/h21,23,62,64,69-72,74-81,83-85,87-91H,3-20,22,24-61,63,65-68H2,1-2H3,(H,82,86)/b23-21-,64-62+. The molecule has 12 unspecified atom stereocenters. The van der Waals surface area contributed by atoms with E-state index in [9.17, 15) is 45.6 Å². The van der Waals surface area contributed by atoms with Crippen LogP contribution in [0.3, 0.4) is 0 Å². The first kappa shape index (κ1) is 89.6. The van der Waals surface area contributed by atoms with Gasteiger partial charge in [-0.05, 0) is 44.9 Å². The molecule has 0 aromatic carbocycles. The van der Waals surface area contributed by atoms with Crippen molar-refractivity contribution in [1.82, 2.24) is 5.32 Å². The third kappa shape index (κ3) is 48.9. The molecule has 2 heterocycles. The number of aliphatic hydroxyl groups excluding tert-OH is 8. The van der Waals surface area contributed by atoms with Crippen molar-refractivity contribution in [3.63, 3.8) is 0 Å². The summed E-state index contributed by atoms with van der Waals surface area (Å²) < 4.78 is 22.9. The number of unbranched alkanes of at least 4 members (excludes halogenated alkanes) is 55. The van der Waals surface area contributed by atoms with Crippen LogP contribution >= 0.6 is 0 Å². The second-order valence-electron chi connectivity index (χ2n) is 29.3. The van der Waals surface area contributed by atoms with Gasteiger partial charge in [-0.2, -0.15) is 0 Å². The van der Waals surface area contributed by atoms with E-state index < -0.39 is 86.8 Å². The fourth-order valence-electron chi connectivity index (χ4n) is 13.9. The molecule has 0 aromatic heterocycles. The maximum atomic E-state index is 13.4. The predicted octanol–water partition coefficient (Wildman–Crippen LogP) is 18.6. The van der Waals surface area contributed by atoms with Crippen molar-refractivity contribution in [3.05, 3.63) is 24.3 Å². The molecule has 0 radical (unpaired) electrons. The maximum Gasteiger partial charge on any atom is 0.220 e. The van der Waals surface area contributed by atoms with Gasteiger partial charge in [0.25, 0.3) is 0 Å². The van der Waals surface area contributed by atoms with Gasteiger partial charge < -0.3 is 65.1 Å². The summed E-state index contributed by atoms with van der Waals surface area (Å²) in [5, 5.41) is 87.6. The monoisotopic (exact) mass is 1350 g/mol. The number of allylic oxidation sites excluding steroid dienone is 3. The third-order valence-electron chi connectivity index (χ3n) is 20.4. The fourth-order valence-corrected chi connectivity index (χ4v) is 13.9. The maximum absolute atomic E-state index is 13.4. The molecule has 0 spiro atoms. The highest BCUT2D eigenvalue weighted by atomic mass is 16.7. The van der Waals surface area contributed by atoms with Crippen LogP contribution in [0.4, 0.5) is 0 Å². The van der Waals surface area contributed by atoms with E-state index in [-0.39, 0.29) is 18.9 Å². The fraction of sp³-hybridized carbons (Fsp3) is 0.938. The molecule has 0 aliphatic carbocycles. The number of amides is 1. The average molecular weight is 1350 g/mol. The zero-order valence-electron chi connectivity index (χ0n) is 61.7. The van der Waals surface area contributed by atoms with Crippen LogP contribution in [-0.4, -0.2) is 140 Å². The average Bonchev–Trinajstić information content (AvgIpc) is 0.801. The Morgan fingerprint density at radius 3 is 1.00 bits per heavy atom. The van der Waals surface area contributed by atoms with E-state index in [1.165, 1.54) is 327 Å². The quantitative estimate of drug-likeness (QED) is 0.0204. The molecule has 95 heavy (non-hydrogen) atoms. The topological polar surface area (TPSA) is 228 Å². The minimum Gasteiger partial charge on any atom is -0.394 e. The largest absolute Gasteiger partial charge is 0.394 e. The number of ether oxygens (including phenoxy) is 4. The number of hydrogen-bond donors (Lipinski definition) is 9. The minimum atomic E-state index is -1.79. The third-order valence-corrected chi connectivity index (χ3v) is 20.4. The molecule has 2 fully saturated rings. The van der Waals surface area contributed by atoms with E-state index in [0.717, 1.165) is 38.5 Å². The summed E-state index contributed by atoms with van der Waals surface area (Å²) >= 11 is 0. The Morgan fingerprint density at radius 2 is 0.663 bits per heavy atom. The van der Waals surface area contributed by atoms with E-state index in [2.05, 4.69) is 31.3 Å². The molecular weight excluding hydrogens is 1190 g/mol. The summed E-state index contributed by atoms with van der Waals surface area (Å²) in [7, 11) is 0. The molecule has 2 aliphatic heterocycles. The normalized spacial score (nSPS) is 22.4. The molecule has 2 saturated heterocycles. The molecule has 562 valence electrons. The molecule has 2 rings (SSSR count). The minimum absolute atomic E-state index is 0.230. The SMILES string of the molecule is CCCCCCCCCC/C=C\CCCCCCCCCCCCCCCCCCCCCCCCCCCCCC(=O)NC(COC1OC(CO)C(OC2OC(CO)C(O)C(O)C2O)C(O)C1O)C(O)/C=C/CCCCCCCCCCCCCCCCCCCCCC. The van der Waals surface area contributed by atoms with Crippen molar-refractivity contribution in [3.8, 4) is 0 Å². The molecule has 0 saturated carbocycles. The first-order valence-corrected chi connectivity index (χ1v) is 41.1. The highest BCUT2D eigenvalue weighted by molar-refractivity contribution is 5.76. The van der Waals surface area contributed by atoms with Crippen molar-refractivity contribution in [2.75, 3.05) is 19.8 Å². The van der Waals surface area contributed by atoms with Crippen LogP contribution < -0.4 is 5.32 Å². The summed E-state index contributed by atoms with van der Waals surface area (Å²) in [5.74, 6) is -0.230. The number of hydrogen-bond acceptors (Lipinski definition) is 13. The number of rotatable bonds is 70.